The van der Waals surface area contributed by atoms with Crippen molar-refractivity contribution in [2.45, 2.75) is 77.8 Å². The maximum Gasteiger partial charge on any atom is 0.289 e. The van der Waals surface area contributed by atoms with Gasteiger partial charge in [-0.2, -0.15) is 11.8 Å². The molecule has 1 aliphatic rings. The molecule has 0 aromatic heterocycles. The molecule has 0 aliphatic carbocycles. The van der Waals surface area contributed by atoms with Gasteiger partial charge in [-0.25, -0.2) is 0 Å². The second-order valence-electron chi connectivity index (χ2n) is 5.40. The molecule has 22 heavy (non-hydrogen) atoms. The van der Waals surface area contributed by atoms with E-state index in [1.807, 2.05) is 25.4 Å². The molecule has 0 saturated carbocycles. The number of unbranched alkanes of at least 4 members (excludes halogenated alkanes) is 1. The van der Waals surface area contributed by atoms with Crippen LogP contribution >= 0.6 is 11.8 Å². The highest BCUT2D eigenvalue weighted by molar-refractivity contribution is 7.99. The van der Waals surface area contributed by atoms with E-state index in [0.29, 0.717) is 0 Å². The minimum atomic E-state index is -0.136. The van der Waals surface area contributed by atoms with Gasteiger partial charge in [0.2, 0.25) is 0 Å². The summed E-state index contributed by atoms with van der Waals surface area (Å²) in [7, 11) is 3.46. The molecular formula is C15H30B2O4S. The molecule has 0 aromatic carbocycles. The molecule has 0 amide bonds. The third kappa shape index (κ3) is 6.08. The lowest BCUT2D eigenvalue weighted by Crippen LogP contribution is -2.60. The van der Waals surface area contributed by atoms with E-state index in [9.17, 15) is 0 Å². The van der Waals surface area contributed by atoms with Crippen molar-refractivity contribution in [2.75, 3.05) is 18.1 Å². The van der Waals surface area contributed by atoms with Gasteiger partial charge in [0, 0.05) is 12.4 Å². The lowest BCUT2D eigenvalue weighted by atomic mass is 9.91. The van der Waals surface area contributed by atoms with Gasteiger partial charge in [0.25, 0.3) is 15.0 Å². The van der Waals surface area contributed by atoms with Gasteiger partial charge in [-0.3, -0.25) is 0 Å². The SMILES string of the molecule is C[B]OC1C(CSCC)O[C@@H](C)C(OCCCC)C1O[B]C. The molecule has 1 fully saturated rings. The van der Waals surface area contributed by atoms with Crippen molar-refractivity contribution in [1.29, 1.82) is 0 Å². The van der Waals surface area contributed by atoms with Crippen LogP contribution < -0.4 is 0 Å². The summed E-state index contributed by atoms with van der Waals surface area (Å²) in [6.45, 7) is 10.9. The van der Waals surface area contributed by atoms with Crippen molar-refractivity contribution in [1.82, 2.24) is 0 Å². The molecule has 4 nitrogen and oxygen atoms in total. The van der Waals surface area contributed by atoms with Crippen molar-refractivity contribution in [2.24, 2.45) is 0 Å². The van der Waals surface area contributed by atoms with E-state index in [0.717, 1.165) is 31.0 Å². The predicted molar refractivity (Wildman–Crippen MR) is 95.0 cm³/mol. The van der Waals surface area contributed by atoms with E-state index in [1.54, 1.807) is 15.0 Å². The fourth-order valence-electron chi connectivity index (χ4n) is 2.69. The van der Waals surface area contributed by atoms with Crippen LogP contribution in [0.3, 0.4) is 0 Å². The Labute approximate surface area is 141 Å². The first-order valence-electron chi connectivity index (χ1n) is 8.40. The topological polar surface area (TPSA) is 36.9 Å². The summed E-state index contributed by atoms with van der Waals surface area (Å²) in [5.41, 5.74) is 0. The molecule has 0 bridgehead atoms. The van der Waals surface area contributed by atoms with E-state index in [2.05, 4.69) is 20.8 Å². The van der Waals surface area contributed by atoms with Gasteiger partial charge in [0.05, 0.1) is 24.4 Å². The van der Waals surface area contributed by atoms with Crippen LogP contribution in [0.4, 0.5) is 0 Å². The van der Waals surface area contributed by atoms with E-state index in [-0.39, 0.29) is 30.5 Å². The highest BCUT2D eigenvalue weighted by Crippen LogP contribution is 2.29. The Morgan fingerprint density at radius 1 is 1.05 bits per heavy atom. The first kappa shape index (κ1) is 20.4. The zero-order valence-corrected chi connectivity index (χ0v) is 15.4. The van der Waals surface area contributed by atoms with E-state index >= 15 is 0 Å². The minimum Gasteiger partial charge on any atom is -0.433 e. The third-order valence-electron chi connectivity index (χ3n) is 3.75. The van der Waals surface area contributed by atoms with Crippen LogP contribution in [0, 0.1) is 0 Å². The lowest BCUT2D eigenvalue weighted by molar-refractivity contribution is -0.212. The second kappa shape index (κ2) is 11.8. The van der Waals surface area contributed by atoms with Gasteiger partial charge < -0.3 is 18.8 Å². The molecule has 1 aliphatic heterocycles. The summed E-state index contributed by atoms with van der Waals surface area (Å²) in [6, 6.07) is 0. The van der Waals surface area contributed by atoms with E-state index in [1.165, 1.54) is 0 Å². The van der Waals surface area contributed by atoms with Crippen LogP contribution in [0.5, 0.6) is 0 Å². The number of ether oxygens (including phenoxy) is 2. The Bertz CT molecular complexity index is 286. The Hall–Kier alpha value is 0.320. The molecule has 0 N–H and O–H groups in total. The van der Waals surface area contributed by atoms with E-state index in [4.69, 9.17) is 18.8 Å². The van der Waals surface area contributed by atoms with Crippen molar-refractivity contribution in [3.05, 3.63) is 0 Å². The van der Waals surface area contributed by atoms with Crippen LogP contribution in [-0.4, -0.2) is 63.6 Å². The van der Waals surface area contributed by atoms with Crippen LogP contribution in [0.2, 0.25) is 13.6 Å². The predicted octanol–water partition coefficient (Wildman–Crippen LogP) is 2.82. The summed E-state index contributed by atoms with van der Waals surface area (Å²) in [5.74, 6) is 1.98. The van der Waals surface area contributed by atoms with Crippen molar-refractivity contribution in [3.8, 4) is 0 Å². The summed E-state index contributed by atoms with van der Waals surface area (Å²) in [6.07, 6.45) is 1.81. The smallest absolute Gasteiger partial charge is 0.289 e. The molecule has 1 saturated heterocycles. The quantitative estimate of drug-likeness (QED) is 0.431. The molecule has 4 unspecified atom stereocenters. The van der Waals surface area contributed by atoms with Gasteiger partial charge in [0.15, 0.2) is 0 Å². The molecule has 5 atom stereocenters. The number of hydrogen-bond donors (Lipinski definition) is 0. The monoisotopic (exact) mass is 328 g/mol. The lowest BCUT2D eigenvalue weighted by Gasteiger charge is -2.46. The van der Waals surface area contributed by atoms with Crippen LogP contribution in [0.15, 0.2) is 0 Å². The molecule has 7 heteroatoms. The normalized spacial score (nSPS) is 32.0. The van der Waals surface area contributed by atoms with Gasteiger partial charge in [-0.1, -0.05) is 33.9 Å². The van der Waals surface area contributed by atoms with Crippen molar-refractivity contribution < 1.29 is 18.8 Å². The van der Waals surface area contributed by atoms with Gasteiger partial charge in [0.1, 0.15) is 6.10 Å². The summed E-state index contributed by atoms with van der Waals surface area (Å²) in [5, 5.41) is 0. The Morgan fingerprint density at radius 2 is 1.73 bits per heavy atom. The van der Waals surface area contributed by atoms with Gasteiger partial charge in [-0.15, -0.1) is 0 Å². The highest BCUT2D eigenvalue weighted by Gasteiger charge is 2.45. The first-order valence-corrected chi connectivity index (χ1v) is 9.56. The van der Waals surface area contributed by atoms with Crippen molar-refractivity contribution >= 4 is 26.7 Å². The molecule has 126 valence electrons. The van der Waals surface area contributed by atoms with Crippen molar-refractivity contribution in [3.63, 3.8) is 0 Å². The molecule has 1 rings (SSSR count). The summed E-state index contributed by atoms with van der Waals surface area (Å²) >= 11 is 1.86. The third-order valence-corrected chi connectivity index (χ3v) is 4.72. The molecule has 1 heterocycles. The molecule has 0 spiro atoms. The second-order valence-corrected chi connectivity index (χ2v) is 6.72. The first-order chi connectivity index (χ1) is 10.7. The average molecular weight is 328 g/mol. The minimum absolute atomic E-state index is 0.000897. The average Bonchev–Trinajstić information content (AvgIpc) is 2.51. The molecule has 2 radical (unpaired) electrons. The summed E-state index contributed by atoms with van der Waals surface area (Å²) in [4.78, 5) is 0. The van der Waals surface area contributed by atoms with Gasteiger partial charge in [-0.05, 0) is 19.1 Å². The largest absolute Gasteiger partial charge is 0.433 e. The van der Waals surface area contributed by atoms with Crippen LogP contribution in [-0.2, 0) is 18.8 Å². The maximum absolute atomic E-state index is 6.19. The Morgan fingerprint density at radius 3 is 2.32 bits per heavy atom. The van der Waals surface area contributed by atoms with Crippen LogP contribution in [0.1, 0.15) is 33.6 Å². The fraction of sp³-hybridized carbons (Fsp3) is 1.00. The number of hydrogen-bond acceptors (Lipinski definition) is 5. The maximum atomic E-state index is 6.19. The zero-order valence-electron chi connectivity index (χ0n) is 14.6. The van der Waals surface area contributed by atoms with Gasteiger partial charge >= 0.3 is 0 Å². The standard InChI is InChI=1S/C15H30B2O4S/c1-6-8-9-18-13-11(3)19-12(10-22-7-2)14(20-16-4)15(13)21-17-5/h11-15H,6-10H2,1-5H3/t11-,12?,13?,14?,15?/m0/s1. The number of rotatable bonds is 11. The molecule has 0 aromatic rings. The number of thioether (sulfide) groups is 1. The zero-order chi connectivity index (χ0) is 16.4. The Balaban J connectivity index is 2.79. The Kier molecular flexibility index (Phi) is 10.9. The molecular weight excluding hydrogens is 298 g/mol. The fourth-order valence-corrected chi connectivity index (χ4v) is 3.43. The van der Waals surface area contributed by atoms with E-state index < -0.39 is 0 Å². The highest BCUT2D eigenvalue weighted by atomic mass is 32.2. The summed E-state index contributed by atoms with van der Waals surface area (Å²) < 4.78 is 24.0. The van der Waals surface area contributed by atoms with Crippen LogP contribution in [0.25, 0.3) is 0 Å².